The molecule has 1 aromatic carbocycles. The third-order valence-electron chi connectivity index (χ3n) is 3.03. The molecule has 0 aromatic heterocycles. The van der Waals surface area contributed by atoms with Gasteiger partial charge in [-0.15, -0.1) is 11.8 Å². The molecule has 2 rings (SSSR count). The highest BCUT2D eigenvalue weighted by atomic mass is 32.2. The third-order valence-corrected chi connectivity index (χ3v) is 4.18. The third kappa shape index (κ3) is 2.62. The standard InChI is InChI=1S/C13H19N3OS/c1-9-13(17)16(7-3-2-6-14)11-8-10(15)4-5-12(11)18-9/h4-5,8-9H,2-3,6-7,14-15H2,1H3. The van der Waals surface area contributed by atoms with Crippen LogP contribution >= 0.6 is 11.8 Å². The lowest BCUT2D eigenvalue weighted by Gasteiger charge is -2.32. The zero-order valence-corrected chi connectivity index (χ0v) is 11.4. The van der Waals surface area contributed by atoms with Crippen molar-refractivity contribution in [2.24, 2.45) is 5.73 Å². The van der Waals surface area contributed by atoms with E-state index in [-0.39, 0.29) is 11.2 Å². The Bertz CT molecular complexity index is 450. The molecule has 0 bridgehead atoms. The van der Waals surface area contributed by atoms with E-state index in [4.69, 9.17) is 11.5 Å². The lowest BCUT2D eigenvalue weighted by Crippen LogP contribution is -2.40. The summed E-state index contributed by atoms with van der Waals surface area (Å²) in [5, 5.41) is -0.0287. The maximum atomic E-state index is 12.2. The Morgan fingerprint density at radius 1 is 1.39 bits per heavy atom. The first-order chi connectivity index (χ1) is 8.63. The van der Waals surface area contributed by atoms with Gasteiger partial charge in [0.1, 0.15) is 0 Å². The average Bonchev–Trinajstić information content (AvgIpc) is 2.35. The van der Waals surface area contributed by atoms with E-state index in [1.807, 2.05) is 30.0 Å². The Kier molecular flexibility index (Phi) is 4.14. The van der Waals surface area contributed by atoms with Crippen LogP contribution < -0.4 is 16.4 Å². The number of rotatable bonds is 4. The fraction of sp³-hybridized carbons (Fsp3) is 0.462. The van der Waals surface area contributed by atoms with Crippen LogP contribution in [-0.4, -0.2) is 24.2 Å². The van der Waals surface area contributed by atoms with Gasteiger partial charge in [-0.1, -0.05) is 0 Å². The molecule has 4 nitrogen and oxygen atoms in total. The predicted molar refractivity (Wildman–Crippen MR) is 76.8 cm³/mol. The van der Waals surface area contributed by atoms with Crippen molar-refractivity contribution in [3.63, 3.8) is 0 Å². The second kappa shape index (κ2) is 5.63. The van der Waals surface area contributed by atoms with Gasteiger partial charge in [0.25, 0.3) is 0 Å². The normalized spacial score (nSPS) is 18.9. The van der Waals surface area contributed by atoms with Crippen molar-refractivity contribution in [3.05, 3.63) is 18.2 Å². The number of carbonyl (C=O) groups is 1. The molecule has 0 saturated carbocycles. The van der Waals surface area contributed by atoms with E-state index in [9.17, 15) is 4.79 Å². The van der Waals surface area contributed by atoms with E-state index in [0.717, 1.165) is 30.0 Å². The van der Waals surface area contributed by atoms with Gasteiger partial charge in [-0.2, -0.15) is 0 Å². The number of fused-ring (bicyclic) bond motifs is 1. The minimum Gasteiger partial charge on any atom is -0.399 e. The van der Waals surface area contributed by atoms with Crippen molar-refractivity contribution in [2.45, 2.75) is 29.9 Å². The van der Waals surface area contributed by atoms with Crippen molar-refractivity contribution >= 4 is 29.0 Å². The lowest BCUT2D eigenvalue weighted by molar-refractivity contribution is -0.118. The van der Waals surface area contributed by atoms with Gasteiger partial charge in [0.05, 0.1) is 10.9 Å². The Morgan fingerprint density at radius 2 is 2.17 bits per heavy atom. The molecule has 18 heavy (non-hydrogen) atoms. The van der Waals surface area contributed by atoms with Gasteiger partial charge in [0.15, 0.2) is 0 Å². The number of benzene rings is 1. The number of carbonyl (C=O) groups excluding carboxylic acids is 1. The average molecular weight is 265 g/mol. The molecule has 1 heterocycles. The molecule has 1 aromatic rings. The second-order valence-electron chi connectivity index (χ2n) is 4.47. The minimum atomic E-state index is -0.0287. The van der Waals surface area contributed by atoms with Crippen LogP contribution in [0.15, 0.2) is 23.1 Å². The summed E-state index contributed by atoms with van der Waals surface area (Å²) in [5.74, 6) is 0.162. The van der Waals surface area contributed by atoms with Gasteiger partial charge in [0.2, 0.25) is 5.91 Å². The molecule has 1 aliphatic rings. The molecule has 5 heteroatoms. The maximum absolute atomic E-state index is 12.2. The molecular weight excluding hydrogens is 246 g/mol. The fourth-order valence-corrected chi connectivity index (χ4v) is 3.11. The summed E-state index contributed by atoms with van der Waals surface area (Å²) in [7, 11) is 0. The molecule has 1 atom stereocenters. The van der Waals surface area contributed by atoms with E-state index in [1.165, 1.54) is 0 Å². The van der Waals surface area contributed by atoms with Crippen LogP contribution in [0.4, 0.5) is 11.4 Å². The van der Waals surface area contributed by atoms with E-state index >= 15 is 0 Å². The molecule has 4 N–H and O–H groups in total. The first-order valence-electron chi connectivity index (χ1n) is 6.21. The van der Waals surface area contributed by atoms with Crippen molar-refractivity contribution in [2.75, 3.05) is 23.7 Å². The van der Waals surface area contributed by atoms with Crippen LogP contribution in [-0.2, 0) is 4.79 Å². The van der Waals surface area contributed by atoms with E-state index < -0.39 is 0 Å². The zero-order valence-electron chi connectivity index (χ0n) is 10.6. The molecule has 0 fully saturated rings. The molecule has 1 amide bonds. The van der Waals surface area contributed by atoms with Crippen molar-refractivity contribution < 1.29 is 4.79 Å². The van der Waals surface area contributed by atoms with E-state index in [1.54, 1.807) is 11.8 Å². The monoisotopic (exact) mass is 265 g/mol. The van der Waals surface area contributed by atoms with E-state index in [2.05, 4.69) is 0 Å². The molecule has 0 spiro atoms. The largest absolute Gasteiger partial charge is 0.399 e. The smallest absolute Gasteiger partial charge is 0.240 e. The first-order valence-corrected chi connectivity index (χ1v) is 7.09. The van der Waals surface area contributed by atoms with Crippen LogP contribution in [0.25, 0.3) is 0 Å². The quantitative estimate of drug-likeness (QED) is 0.643. The van der Waals surface area contributed by atoms with Crippen LogP contribution in [0.3, 0.4) is 0 Å². The van der Waals surface area contributed by atoms with Gasteiger partial charge in [-0.05, 0) is 44.5 Å². The molecule has 0 radical (unpaired) electrons. The van der Waals surface area contributed by atoms with Gasteiger partial charge in [-0.3, -0.25) is 4.79 Å². The highest BCUT2D eigenvalue weighted by molar-refractivity contribution is 8.00. The Balaban J connectivity index is 2.26. The number of thioether (sulfide) groups is 1. The molecule has 1 unspecified atom stereocenters. The van der Waals surface area contributed by atoms with E-state index in [0.29, 0.717) is 12.2 Å². The number of nitrogens with two attached hydrogens (primary N) is 2. The number of anilines is 2. The number of nitrogens with zero attached hydrogens (tertiary/aromatic N) is 1. The van der Waals surface area contributed by atoms with Crippen LogP contribution in [0.2, 0.25) is 0 Å². The molecule has 1 aliphatic heterocycles. The number of hydrogen-bond donors (Lipinski definition) is 2. The summed E-state index contributed by atoms with van der Waals surface area (Å²) in [6, 6.07) is 5.76. The summed E-state index contributed by atoms with van der Waals surface area (Å²) in [6.07, 6.45) is 1.86. The van der Waals surface area contributed by atoms with Gasteiger partial charge >= 0.3 is 0 Å². The van der Waals surface area contributed by atoms with Crippen LogP contribution in [0.1, 0.15) is 19.8 Å². The fourth-order valence-electron chi connectivity index (χ4n) is 2.07. The molecular formula is C13H19N3OS. The van der Waals surface area contributed by atoms with Gasteiger partial charge in [-0.25, -0.2) is 0 Å². The first kappa shape index (κ1) is 13.2. The minimum absolute atomic E-state index is 0.0287. The highest BCUT2D eigenvalue weighted by Gasteiger charge is 2.30. The summed E-state index contributed by atoms with van der Waals surface area (Å²) in [4.78, 5) is 15.2. The SMILES string of the molecule is CC1Sc2ccc(N)cc2N(CCCCN)C1=O. The molecule has 98 valence electrons. The topological polar surface area (TPSA) is 72.3 Å². The lowest BCUT2D eigenvalue weighted by atomic mass is 10.2. The number of amides is 1. The Morgan fingerprint density at radius 3 is 2.89 bits per heavy atom. The molecule has 0 saturated heterocycles. The van der Waals surface area contributed by atoms with Gasteiger partial charge < -0.3 is 16.4 Å². The Hall–Kier alpha value is -1.20. The summed E-state index contributed by atoms with van der Waals surface area (Å²) >= 11 is 1.60. The Labute approximate surface area is 112 Å². The summed E-state index contributed by atoms with van der Waals surface area (Å²) in [6.45, 7) is 3.33. The van der Waals surface area contributed by atoms with Crippen molar-refractivity contribution in [3.8, 4) is 0 Å². The zero-order chi connectivity index (χ0) is 13.1. The van der Waals surface area contributed by atoms with Crippen LogP contribution in [0.5, 0.6) is 0 Å². The van der Waals surface area contributed by atoms with Crippen molar-refractivity contribution in [1.82, 2.24) is 0 Å². The van der Waals surface area contributed by atoms with Gasteiger partial charge in [0, 0.05) is 17.1 Å². The van der Waals surface area contributed by atoms with Crippen LogP contribution in [0, 0.1) is 0 Å². The van der Waals surface area contributed by atoms with Crippen molar-refractivity contribution in [1.29, 1.82) is 0 Å². The number of unbranched alkanes of at least 4 members (excludes halogenated alkanes) is 1. The number of hydrogen-bond acceptors (Lipinski definition) is 4. The maximum Gasteiger partial charge on any atom is 0.240 e. The summed E-state index contributed by atoms with van der Waals surface area (Å²) in [5.41, 5.74) is 12.9. The molecule has 0 aliphatic carbocycles. The summed E-state index contributed by atoms with van der Waals surface area (Å²) < 4.78 is 0. The number of nitrogen functional groups attached to an aromatic ring is 1. The second-order valence-corrected chi connectivity index (χ2v) is 5.86. The highest BCUT2D eigenvalue weighted by Crippen LogP contribution is 2.40. The predicted octanol–water partition coefficient (Wildman–Crippen LogP) is 1.83.